The van der Waals surface area contributed by atoms with Crippen LogP contribution in [0.1, 0.15) is 28.7 Å². The Labute approximate surface area is 156 Å². The Morgan fingerprint density at radius 1 is 0.630 bits per heavy atom. The lowest BCUT2D eigenvalue weighted by Crippen LogP contribution is -2.31. The third-order valence-electron chi connectivity index (χ3n) is 6.26. The molecule has 0 amide bonds. The molecule has 130 valence electrons. The van der Waals surface area contributed by atoms with Crippen LogP contribution in [0.15, 0.2) is 90.5 Å². The van der Waals surface area contributed by atoms with Crippen LogP contribution >= 0.6 is 0 Å². The summed E-state index contributed by atoms with van der Waals surface area (Å²) < 4.78 is 29.1. The number of fused-ring (bicyclic) bond motifs is 9. The Bertz CT molecular complexity index is 1130. The van der Waals surface area contributed by atoms with E-state index in [9.17, 15) is 8.78 Å². The van der Waals surface area contributed by atoms with Crippen molar-refractivity contribution >= 4 is 5.57 Å². The van der Waals surface area contributed by atoms with Crippen LogP contribution < -0.4 is 0 Å². The molecule has 0 saturated carbocycles. The molecule has 0 aromatic heterocycles. The summed E-state index contributed by atoms with van der Waals surface area (Å²) in [6.45, 7) is 0. The number of rotatable bonds is 0. The van der Waals surface area contributed by atoms with Crippen molar-refractivity contribution in [3.63, 3.8) is 0 Å². The van der Waals surface area contributed by atoms with Gasteiger partial charge in [0.05, 0.1) is 5.41 Å². The van der Waals surface area contributed by atoms with E-state index in [1.807, 2.05) is 36.4 Å². The van der Waals surface area contributed by atoms with Crippen molar-refractivity contribution in [1.29, 1.82) is 0 Å². The molecule has 0 bridgehead atoms. The normalized spacial score (nSPS) is 19.6. The maximum Gasteiger partial charge on any atom is 0.270 e. The topological polar surface area (TPSA) is 0 Å². The minimum Gasteiger partial charge on any atom is -0.202 e. The molecule has 27 heavy (non-hydrogen) atoms. The summed E-state index contributed by atoms with van der Waals surface area (Å²) in [7, 11) is 0. The van der Waals surface area contributed by atoms with E-state index in [2.05, 4.69) is 36.4 Å². The van der Waals surface area contributed by atoms with E-state index < -0.39 is 11.3 Å². The zero-order chi connectivity index (χ0) is 18.2. The molecule has 0 atom stereocenters. The molecule has 1 spiro atoms. The smallest absolute Gasteiger partial charge is 0.202 e. The summed E-state index contributed by atoms with van der Waals surface area (Å²) >= 11 is 0. The molecule has 0 heterocycles. The van der Waals surface area contributed by atoms with Crippen molar-refractivity contribution in [3.05, 3.63) is 113 Å². The lowest BCUT2D eigenvalue weighted by atomic mass is 9.68. The first-order valence-electron chi connectivity index (χ1n) is 9.23. The Balaban J connectivity index is 1.81. The molecule has 0 saturated heterocycles. The van der Waals surface area contributed by atoms with Crippen LogP contribution in [-0.4, -0.2) is 5.92 Å². The van der Waals surface area contributed by atoms with Crippen LogP contribution in [0.4, 0.5) is 8.78 Å². The number of halogens is 2. The molecular formula is C25H16F2. The van der Waals surface area contributed by atoms with E-state index in [1.165, 1.54) is 0 Å². The first-order valence-corrected chi connectivity index (χ1v) is 9.23. The van der Waals surface area contributed by atoms with E-state index >= 15 is 0 Å². The second-order valence-corrected chi connectivity index (χ2v) is 7.55. The summed E-state index contributed by atoms with van der Waals surface area (Å²) in [6, 6.07) is 24.7. The van der Waals surface area contributed by atoms with Crippen LogP contribution in [0.3, 0.4) is 0 Å². The summed E-state index contributed by atoms with van der Waals surface area (Å²) in [4.78, 5) is 0. The van der Waals surface area contributed by atoms with Gasteiger partial charge in [-0.3, -0.25) is 0 Å². The van der Waals surface area contributed by atoms with Gasteiger partial charge in [-0.05, 0) is 50.6 Å². The monoisotopic (exact) mass is 354 g/mol. The molecule has 2 heteroatoms. The highest BCUT2D eigenvalue weighted by Crippen LogP contribution is 2.64. The zero-order valence-electron chi connectivity index (χ0n) is 14.5. The first kappa shape index (κ1) is 15.1. The van der Waals surface area contributed by atoms with Crippen LogP contribution in [0.25, 0.3) is 16.7 Å². The van der Waals surface area contributed by atoms with Gasteiger partial charge >= 0.3 is 0 Å². The largest absolute Gasteiger partial charge is 0.270 e. The number of hydrogen-bond donors (Lipinski definition) is 0. The van der Waals surface area contributed by atoms with Gasteiger partial charge in [0, 0.05) is 6.42 Å². The molecule has 3 aromatic carbocycles. The highest BCUT2D eigenvalue weighted by atomic mass is 19.3. The van der Waals surface area contributed by atoms with Crippen LogP contribution in [0, 0.1) is 0 Å². The quantitative estimate of drug-likeness (QED) is 0.440. The minimum absolute atomic E-state index is 0.240. The van der Waals surface area contributed by atoms with Gasteiger partial charge in [0.25, 0.3) is 5.92 Å². The van der Waals surface area contributed by atoms with Gasteiger partial charge in [-0.15, -0.1) is 0 Å². The second kappa shape index (κ2) is 4.83. The van der Waals surface area contributed by atoms with Gasteiger partial charge < -0.3 is 0 Å². The maximum atomic E-state index is 14.5. The van der Waals surface area contributed by atoms with Gasteiger partial charge in [-0.25, -0.2) is 8.78 Å². The lowest BCUT2D eigenvalue weighted by Gasteiger charge is -2.34. The Morgan fingerprint density at radius 3 is 1.70 bits per heavy atom. The molecule has 0 nitrogen and oxygen atoms in total. The molecule has 0 aliphatic heterocycles. The summed E-state index contributed by atoms with van der Waals surface area (Å²) in [6.07, 6.45) is 2.46. The highest BCUT2D eigenvalue weighted by molar-refractivity contribution is 5.97. The minimum atomic E-state index is -2.82. The number of allylic oxidation sites excluding steroid dienone is 4. The fourth-order valence-corrected chi connectivity index (χ4v) is 5.34. The molecule has 3 aliphatic carbocycles. The zero-order valence-corrected chi connectivity index (χ0v) is 14.5. The molecule has 3 aliphatic rings. The molecule has 0 radical (unpaired) electrons. The van der Waals surface area contributed by atoms with E-state index in [-0.39, 0.29) is 6.42 Å². The third-order valence-corrected chi connectivity index (χ3v) is 6.26. The van der Waals surface area contributed by atoms with Crippen molar-refractivity contribution in [2.24, 2.45) is 0 Å². The fourth-order valence-electron chi connectivity index (χ4n) is 5.34. The van der Waals surface area contributed by atoms with Crippen molar-refractivity contribution in [2.45, 2.75) is 17.8 Å². The first-order chi connectivity index (χ1) is 13.1. The van der Waals surface area contributed by atoms with Crippen molar-refractivity contribution in [2.75, 3.05) is 0 Å². The maximum absolute atomic E-state index is 14.5. The summed E-state index contributed by atoms with van der Waals surface area (Å²) in [5.41, 5.74) is 7.90. The summed E-state index contributed by atoms with van der Waals surface area (Å²) in [5, 5.41) is 0. The number of hydrogen-bond acceptors (Lipinski definition) is 0. The van der Waals surface area contributed by atoms with Gasteiger partial charge in [-0.1, -0.05) is 78.9 Å². The van der Waals surface area contributed by atoms with E-state index in [4.69, 9.17) is 0 Å². The summed E-state index contributed by atoms with van der Waals surface area (Å²) in [5.74, 6) is -2.82. The molecule has 0 fully saturated rings. The SMILES string of the molecule is FC1(F)C=CC2=C(C1)C1(c3ccccc32)c2ccccc2-c2ccccc21. The molecular weight excluding hydrogens is 338 g/mol. The second-order valence-electron chi connectivity index (χ2n) is 7.55. The third kappa shape index (κ3) is 1.71. The van der Waals surface area contributed by atoms with Crippen LogP contribution in [0.5, 0.6) is 0 Å². The lowest BCUT2D eigenvalue weighted by molar-refractivity contribution is 0.0528. The highest BCUT2D eigenvalue weighted by Gasteiger charge is 2.54. The standard InChI is InChI=1S/C25H16F2/c26-24(27)14-13-19-18-9-3-6-12-22(18)25(23(19)15-24)20-10-4-1-7-16(20)17-8-2-5-11-21(17)25/h1-14H,15H2. The van der Waals surface area contributed by atoms with Crippen LogP contribution in [-0.2, 0) is 5.41 Å². The molecule has 0 unspecified atom stereocenters. The average molecular weight is 354 g/mol. The molecule has 0 N–H and O–H groups in total. The molecule has 6 rings (SSSR count). The van der Waals surface area contributed by atoms with Crippen LogP contribution in [0.2, 0.25) is 0 Å². The predicted octanol–water partition coefficient (Wildman–Crippen LogP) is 6.36. The fraction of sp³-hybridized carbons (Fsp3) is 0.120. The van der Waals surface area contributed by atoms with E-state index in [0.717, 1.165) is 50.6 Å². The molecule has 3 aromatic rings. The Hall–Kier alpha value is -3.00. The van der Waals surface area contributed by atoms with Crippen molar-refractivity contribution in [3.8, 4) is 11.1 Å². The van der Waals surface area contributed by atoms with Gasteiger partial charge in [-0.2, -0.15) is 0 Å². The van der Waals surface area contributed by atoms with Crippen molar-refractivity contribution in [1.82, 2.24) is 0 Å². The van der Waals surface area contributed by atoms with Gasteiger partial charge in [0.1, 0.15) is 0 Å². The van der Waals surface area contributed by atoms with Crippen molar-refractivity contribution < 1.29 is 8.78 Å². The van der Waals surface area contributed by atoms with E-state index in [1.54, 1.807) is 6.08 Å². The number of alkyl halides is 2. The average Bonchev–Trinajstić information content (AvgIpc) is 3.14. The van der Waals surface area contributed by atoms with E-state index in [0.29, 0.717) is 0 Å². The van der Waals surface area contributed by atoms with Gasteiger partial charge in [0.2, 0.25) is 0 Å². The predicted molar refractivity (Wildman–Crippen MR) is 104 cm³/mol. The number of benzene rings is 3. The Kier molecular flexibility index (Phi) is 2.70. The van der Waals surface area contributed by atoms with Gasteiger partial charge in [0.15, 0.2) is 0 Å². The Morgan fingerprint density at radius 2 is 1.11 bits per heavy atom.